The van der Waals surface area contributed by atoms with Crippen molar-refractivity contribution in [2.24, 2.45) is 5.18 Å². The molecule has 0 aliphatic rings. The molecule has 0 amide bonds. The van der Waals surface area contributed by atoms with Crippen molar-refractivity contribution in [3.05, 3.63) is 56.9 Å². The van der Waals surface area contributed by atoms with Gasteiger partial charge in [-0.3, -0.25) is 9.59 Å². The first-order valence-electron chi connectivity index (χ1n) is 6.94. The molecule has 0 saturated carbocycles. The van der Waals surface area contributed by atoms with Crippen molar-refractivity contribution in [3.63, 3.8) is 0 Å². The summed E-state index contributed by atoms with van der Waals surface area (Å²) >= 11 is 0. The maximum absolute atomic E-state index is 12.2. The molecule has 2 aromatic rings. The quantitative estimate of drug-likeness (QED) is 0.876. The molecule has 1 N–H and O–H groups in total. The molecule has 6 heteroatoms. The van der Waals surface area contributed by atoms with Crippen molar-refractivity contribution in [1.82, 2.24) is 4.98 Å². The van der Waals surface area contributed by atoms with E-state index in [1.807, 2.05) is 6.07 Å². The van der Waals surface area contributed by atoms with Crippen LogP contribution in [0.15, 0.2) is 40.3 Å². The number of nitroso groups, excluding NO2 is 1. The third kappa shape index (κ3) is 2.94. The Hall–Kier alpha value is -3.07. The van der Waals surface area contributed by atoms with Crippen LogP contribution in [0.25, 0.3) is 11.1 Å². The summed E-state index contributed by atoms with van der Waals surface area (Å²) in [6, 6.07) is 9.73. The first-order valence-corrected chi connectivity index (χ1v) is 6.94. The molecule has 0 bridgehead atoms. The van der Waals surface area contributed by atoms with Crippen LogP contribution in [0.4, 0.5) is 5.69 Å². The van der Waals surface area contributed by atoms with Crippen LogP contribution >= 0.6 is 0 Å². The molecule has 0 saturated heterocycles. The van der Waals surface area contributed by atoms with Crippen molar-refractivity contribution in [3.8, 4) is 17.2 Å². The number of H-pyrrole nitrogens is 1. The van der Waals surface area contributed by atoms with Gasteiger partial charge in [0, 0.05) is 11.3 Å². The van der Waals surface area contributed by atoms with Crippen LogP contribution in [-0.4, -0.2) is 10.8 Å². The number of nitriles is 1. The fraction of sp³-hybridized carbons (Fsp3) is 0.235. The Labute approximate surface area is 132 Å². The molecule has 0 atom stereocenters. The van der Waals surface area contributed by atoms with Crippen molar-refractivity contribution in [2.45, 2.75) is 26.2 Å². The van der Waals surface area contributed by atoms with Gasteiger partial charge < -0.3 is 4.98 Å². The molecular weight excluding hydrogens is 294 g/mol. The molecule has 0 aliphatic carbocycles. The molecule has 0 aliphatic heterocycles. The minimum absolute atomic E-state index is 0.0417. The number of hydrogen-bond donors (Lipinski definition) is 1. The number of benzene rings is 1. The number of rotatable bonds is 4. The number of Topliss-reactive ketones (excluding diaryl/α,β-unsaturated/α-hetero) is 1. The van der Waals surface area contributed by atoms with Gasteiger partial charge in [-0.05, 0) is 49.7 Å². The highest BCUT2D eigenvalue weighted by Gasteiger charge is 2.28. The number of carbonyl (C=O) groups excluding carboxylic acids is 1. The Kier molecular flexibility index (Phi) is 4.23. The van der Waals surface area contributed by atoms with Crippen molar-refractivity contribution < 1.29 is 4.79 Å². The minimum Gasteiger partial charge on any atom is -0.324 e. The van der Waals surface area contributed by atoms with Gasteiger partial charge >= 0.3 is 0 Å². The Morgan fingerprint density at radius 3 is 2.35 bits per heavy atom. The lowest BCUT2D eigenvalue weighted by molar-refractivity contribution is -0.121. The Morgan fingerprint density at radius 2 is 1.87 bits per heavy atom. The summed E-state index contributed by atoms with van der Waals surface area (Å²) in [5.41, 5.74) is 0.222. The van der Waals surface area contributed by atoms with Gasteiger partial charge in [-0.15, -0.1) is 4.91 Å². The molecule has 1 heterocycles. The zero-order valence-electron chi connectivity index (χ0n) is 13.0. The van der Waals surface area contributed by atoms with Crippen molar-refractivity contribution >= 4 is 11.5 Å². The van der Waals surface area contributed by atoms with E-state index in [-0.39, 0.29) is 17.0 Å². The van der Waals surface area contributed by atoms with E-state index in [1.165, 1.54) is 19.1 Å². The number of aromatic nitrogens is 1. The SMILES string of the molecule is CC(=O)C(C)(C)c1cc(-c2ccc(N=O)cc2)c(C#N)c(=O)[nH]1. The fourth-order valence-electron chi connectivity index (χ4n) is 2.13. The molecule has 23 heavy (non-hydrogen) atoms. The van der Waals surface area contributed by atoms with E-state index in [9.17, 15) is 19.8 Å². The van der Waals surface area contributed by atoms with Crippen LogP contribution in [0.1, 0.15) is 32.0 Å². The topological polar surface area (TPSA) is 103 Å². The number of aromatic amines is 1. The van der Waals surface area contributed by atoms with E-state index in [4.69, 9.17) is 0 Å². The second-order valence-electron chi connectivity index (χ2n) is 5.73. The lowest BCUT2D eigenvalue weighted by atomic mass is 9.83. The van der Waals surface area contributed by atoms with Crippen LogP contribution in [0.5, 0.6) is 0 Å². The van der Waals surface area contributed by atoms with E-state index < -0.39 is 11.0 Å². The van der Waals surface area contributed by atoms with Crippen LogP contribution in [0.3, 0.4) is 0 Å². The summed E-state index contributed by atoms with van der Waals surface area (Å²) in [7, 11) is 0. The second kappa shape index (κ2) is 5.97. The van der Waals surface area contributed by atoms with E-state index in [1.54, 1.807) is 32.0 Å². The highest BCUT2D eigenvalue weighted by Crippen LogP contribution is 2.29. The van der Waals surface area contributed by atoms with Crippen LogP contribution in [0, 0.1) is 16.2 Å². The highest BCUT2D eigenvalue weighted by atomic mass is 16.3. The van der Waals surface area contributed by atoms with Crippen LogP contribution in [0.2, 0.25) is 0 Å². The predicted molar refractivity (Wildman–Crippen MR) is 86.4 cm³/mol. The zero-order chi connectivity index (χ0) is 17.2. The third-order valence-electron chi connectivity index (χ3n) is 3.98. The molecule has 1 aromatic heterocycles. The normalized spacial score (nSPS) is 10.9. The molecule has 2 rings (SSSR count). The molecule has 0 radical (unpaired) electrons. The minimum atomic E-state index is -0.883. The second-order valence-corrected chi connectivity index (χ2v) is 5.73. The number of nitrogens with zero attached hydrogens (tertiary/aromatic N) is 2. The monoisotopic (exact) mass is 309 g/mol. The number of hydrogen-bond acceptors (Lipinski definition) is 5. The molecule has 6 nitrogen and oxygen atoms in total. The Bertz CT molecular complexity index is 871. The summed E-state index contributed by atoms with van der Waals surface area (Å²) in [5, 5.41) is 12.1. The molecule has 116 valence electrons. The lowest BCUT2D eigenvalue weighted by Crippen LogP contribution is -2.30. The van der Waals surface area contributed by atoms with Gasteiger partial charge in [0.25, 0.3) is 5.56 Å². The molecule has 0 spiro atoms. The Morgan fingerprint density at radius 1 is 1.26 bits per heavy atom. The lowest BCUT2D eigenvalue weighted by Gasteiger charge is -2.22. The van der Waals surface area contributed by atoms with Gasteiger partial charge in [0.2, 0.25) is 0 Å². The number of carbonyl (C=O) groups is 1. The number of pyridine rings is 1. The summed E-state index contributed by atoms with van der Waals surface area (Å²) in [5.74, 6) is -0.107. The van der Waals surface area contributed by atoms with Crippen molar-refractivity contribution in [1.29, 1.82) is 5.26 Å². The smallest absolute Gasteiger partial charge is 0.266 e. The number of ketones is 1. The van der Waals surface area contributed by atoms with Gasteiger partial charge in [0.05, 0.1) is 5.41 Å². The largest absolute Gasteiger partial charge is 0.324 e. The molecular formula is C17H15N3O3. The predicted octanol–water partition coefficient (Wildman–Crippen LogP) is 3.18. The van der Waals surface area contributed by atoms with E-state index in [2.05, 4.69) is 10.2 Å². The van der Waals surface area contributed by atoms with E-state index in [0.29, 0.717) is 16.8 Å². The average Bonchev–Trinajstić information content (AvgIpc) is 2.54. The van der Waals surface area contributed by atoms with Gasteiger partial charge in [0.15, 0.2) is 0 Å². The Balaban J connectivity index is 2.73. The summed E-state index contributed by atoms with van der Waals surface area (Å²) in [4.78, 5) is 37.1. The maximum Gasteiger partial charge on any atom is 0.266 e. The summed E-state index contributed by atoms with van der Waals surface area (Å²) in [6.07, 6.45) is 0. The maximum atomic E-state index is 12.2. The average molecular weight is 309 g/mol. The van der Waals surface area contributed by atoms with Gasteiger partial charge in [-0.25, -0.2) is 0 Å². The summed E-state index contributed by atoms with van der Waals surface area (Å²) in [6.45, 7) is 4.85. The first kappa shape index (κ1) is 16.3. The number of nitrogens with one attached hydrogen (secondary N) is 1. The van der Waals surface area contributed by atoms with Gasteiger partial charge in [-0.2, -0.15) is 5.26 Å². The molecule has 1 aromatic carbocycles. The fourth-order valence-corrected chi connectivity index (χ4v) is 2.13. The van der Waals surface area contributed by atoms with Crippen molar-refractivity contribution in [2.75, 3.05) is 0 Å². The molecule has 0 unspecified atom stereocenters. The van der Waals surface area contributed by atoms with Gasteiger partial charge in [0.1, 0.15) is 23.1 Å². The highest BCUT2D eigenvalue weighted by molar-refractivity contribution is 5.87. The van der Waals surface area contributed by atoms with Crippen LogP contribution < -0.4 is 5.56 Å². The third-order valence-corrected chi connectivity index (χ3v) is 3.98. The standard InChI is InChI=1S/C17H15N3O3/c1-10(21)17(2,3)15-8-13(14(9-18)16(22)19-15)11-4-6-12(20-23)7-5-11/h4-8H,1-3H3,(H,19,22). The zero-order valence-corrected chi connectivity index (χ0v) is 13.0. The van der Waals surface area contributed by atoms with Gasteiger partial charge in [-0.1, -0.05) is 12.1 Å². The molecule has 0 fully saturated rings. The first-order chi connectivity index (χ1) is 10.8. The van der Waals surface area contributed by atoms with E-state index >= 15 is 0 Å². The van der Waals surface area contributed by atoms with Crippen LogP contribution in [-0.2, 0) is 10.2 Å². The summed E-state index contributed by atoms with van der Waals surface area (Å²) < 4.78 is 0. The van der Waals surface area contributed by atoms with E-state index in [0.717, 1.165) is 0 Å².